The third kappa shape index (κ3) is 3.83. The van der Waals surface area contributed by atoms with Gasteiger partial charge in [-0.2, -0.15) is 23.4 Å². The molecular weight excluding hydrogens is 383 g/mol. The van der Waals surface area contributed by atoms with Crippen molar-refractivity contribution in [2.24, 2.45) is 7.05 Å². The molecule has 2 aromatic rings. The zero-order valence-electron chi connectivity index (χ0n) is 15.4. The lowest BCUT2D eigenvalue weighted by Gasteiger charge is -2.19. The highest BCUT2D eigenvalue weighted by molar-refractivity contribution is 6.32. The van der Waals surface area contributed by atoms with Crippen LogP contribution in [0, 0.1) is 6.92 Å². The Morgan fingerprint density at radius 1 is 1.33 bits per heavy atom. The van der Waals surface area contributed by atoms with Crippen LogP contribution in [0.1, 0.15) is 67.3 Å². The summed E-state index contributed by atoms with van der Waals surface area (Å²) >= 11 is 5.98. The van der Waals surface area contributed by atoms with E-state index < -0.39 is 28.8 Å². The molecule has 27 heavy (non-hydrogen) atoms. The first-order valence-electron chi connectivity index (χ1n) is 8.66. The van der Waals surface area contributed by atoms with Crippen LogP contribution in [0.15, 0.2) is 6.20 Å². The highest BCUT2D eigenvalue weighted by Gasteiger charge is 2.43. The quantitative estimate of drug-likeness (QED) is 0.823. The van der Waals surface area contributed by atoms with Gasteiger partial charge >= 0.3 is 6.18 Å². The van der Waals surface area contributed by atoms with Crippen molar-refractivity contribution in [2.75, 3.05) is 0 Å². The van der Waals surface area contributed by atoms with Crippen molar-refractivity contribution in [3.63, 3.8) is 0 Å². The van der Waals surface area contributed by atoms with Crippen LogP contribution in [-0.2, 0) is 18.0 Å². The highest BCUT2D eigenvalue weighted by atomic mass is 35.5. The van der Waals surface area contributed by atoms with E-state index in [0.717, 1.165) is 28.8 Å². The number of aryl methyl sites for hydroxylation is 2. The van der Waals surface area contributed by atoms with Crippen molar-refractivity contribution in [3.05, 3.63) is 33.9 Å². The van der Waals surface area contributed by atoms with Crippen LogP contribution < -0.4 is 5.32 Å². The summed E-state index contributed by atoms with van der Waals surface area (Å²) < 4.78 is 42.4. The first-order valence-corrected chi connectivity index (χ1v) is 9.04. The van der Waals surface area contributed by atoms with E-state index in [0.29, 0.717) is 0 Å². The maximum absolute atomic E-state index is 13.2. The smallest absolute Gasteiger partial charge is 0.348 e. The Balaban J connectivity index is 1.85. The number of alkyl halides is 3. The minimum atomic E-state index is -4.66. The number of nitrogens with one attached hydrogen (secondary N) is 1. The van der Waals surface area contributed by atoms with Crippen LogP contribution >= 0.6 is 11.6 Å². The summed E-state index contributed by atoms with van der Waals surface area (Å²) in [5.74, 6) is -0.519. The summed E-state index contributed by atoms with van der Waals surface area (Å²) in [4.78, 5) is 12.7. The molecule has 6 nitrogen and oxygen atoms in total. The van der Waals surface area contributed by atoms with Crippen molar-refractivity contribution < 1.29 is 18.0 Å². The second kappa shape index (κ2) is 6.85. The zero-order chi connectivity index (χ0) is 20.1. The summed E-state index contributed by atoms with van der Waals surface area (Å²) in [6, 6.07) is -1.26. The molecule has 0 aromatic carbocycles. The number of hydrogen-bond acceptors (Lipinski definition) is 3. The van der Waals surface area contributed by atoms with E-state index in [4.69, 9.17) is 11.6 Å². The van der Waals surface area contributed by atoms with Crippen molar-refractivity contribution in [2.45, 2.75) is 57.8 Å². The number of amides is 1. The summed E-state index contributed by atoms with van der Waals surface area (Å²) in [5.41, 5.74) is 0.770. The van der Waals surface area contributed by atoms with Gasteiger partial charge in [-0.25, -0.2) is 0 Å². The summed E-state index contributed by atoms with van der Waals surface area (Å²) in [5, 5.41) is 10.3. The predicted octanol–water partition coefficient (Wildman–Crippen LogP) is 3.91. The van der Waals surface area contributed by atoms with Gasteiger partial charge in [-0.05, 0) is 33.6 Å². The van der Waals surface area contributed by atoms with Crippen LogP contribution in [0.5, 0.6) is 0 Å². The summed E-state index contributed by atoms with van der Waals surface area (Å²) in [7, 11) is 1.78. The molecule has 1 amide bonds. The fourth-order valence-electron chi connectivity index (χ4n) is 3.19. The fraction of sp³-hybridized carbons (Fsp3) is 0.588. The number of carbonyl (C=O) groups is 1. The van der Waals surface area contributed by atoms with Gasteiger partial charge in [0, 0.05) is 24.7 Å². The Morgan fingerprint density at radius 3 is 2.44 bits per heavy atom. The maximum Gasteiger partial charge on any atom is 0.436 e. The fourth-order valence-corrected chi connectivity index (χ4v) is 3.58. The Morgan fingerprint density at radius 2 is 1.96 bits per heavy atom. The summed E-state index contributed by atoms with van der Waals surface area (Å²) in [6.07, 6.45) is -1.39. The molecule has 0 bridgehead atoms. The number of hydrogen-bond donors (Lipinski definition) is 1. The first kappa shape index (κ1) is 19.7. The van der Waals surface area contributed by atoms with Crippen LogP contribution in [0.3, 0.4) is 0 Å². The molecule has 1 saturated carbocycles. The molecule has 1 fully saturated rings. The zero-order valence-corrected chi connectivity index (χ0v) is 16.2. The van der Waals surface area contributed by atoms with Gasteiger partial charge in [0.25, 0.3) is 0 Å². The Labute approximate surface area is 159 Å². The lowest BCUT2D eigenvalue weighted by molar-refractivity contribution is -0.141. The van der Waals surface area contributed by atoms with Crippen LogP contribution in [0.25, 0.3) is 0 Å². The Bertz CT molecular complexity index is 869. The molecule has 148 valence electrons. The molecule has 2 aromatic heterocycles. The minimum Gasteiger partial charge on any atom is -0.348 e. The lowest BCUT2D eigenvalue weighted by atomic mass is 10.1. The van der Waals surface area contributed by atoms with Crippen LogP contribution in [0.2, 0.25) is 5.02 Å². The van der Waals surface area contributed by atoms with Crippen LogP contribution in [-0.4, -0.2) is 25.5 Å². The monoisotopic (exact) mass is 403 g/mol. The van der Waals surface area contributed by atoms with Gasteiger partial charge in [-0.3, -0.25) is 14.2 Å². The number of halogens is 4. The number of rotatable bonds is 5. The second-order valence-corrected chi connectivity index (χ2v) is 7.39. The van der Waals surface area contributed by atoms with Crippen LogP contribution in [0.4, 0.5) is 13.2 Å². The molecule has 3 rings (SSSR count). The van der Waals surface area contributed by atoms with Gasteiger partial charge in [0.05, 0.1) is 22.5 Å². The van der Waals surface area contributed by atoms with Crippen molar-refractivity contribution in [3.8, 4) is 0 Å². The molecule has 0 saturated heterocycles. The number of nitrogens with zero attached hydrogens (tertiary/aromatic N) is 4. The van der Waals surface area contributed by atoms with E-state index in [1.807, 2.05) is 6.92 Å². The van der Waals surface area contributed by atoms with Gasteiger partial charge in [0.1, 0.15) is 6.04 Å². The number of carbonyl (C=O) groups excluding carboxylic acids is 1. The summed E-state index contributed by atoms with van der Waals surface area (Å²) in [6.45, 7) is 5.15. The van der Waals surface area contributed by atoms with E-state index in [2.05, 4.69) is 15.5 Å². The molecular formula is C17H21ClF3N5O. The Hall–Kier alpha value is -2.03. The standard InChI is InChI=1S/C17H21ClF3N5O/c1-8(12-7-25(4)23-9(12)2)22-16(27)10(3)26-14(11-5-6-11)13(18)15(24-26)17(19,20)21/h7-8,10-11H,5-6H2,1-4H3,(H,22,27)/t8-,10+/m1/s1. The van der Waals surface area contributed by atoms with Gasteiger partial charge in [-0.1, -0.05) is 11.6 Å². The maximum atomic E-state index is 13.2. The topological polar surface area (TPSA) is 64.7 Å². The molecule has 0 aliphatic heterocycles. The van der Waals surface area contributed by atoms with E-state index in [9.17, 15) is 18.0 Å². The molecule has 0 radical (unpaired) electrons. The molecule has 0 unspecified atom stereocenters. The average molecular weight is 404 g/mol. The van der Waals surface area contributed by atoms with Crippen molar-refractivity contribution in [1.29, 1.82) is 0 Å². The normalized spacial score (nSPS) is 17.0. The third-order valence-electron chi connectivity index (χ3n) is 4.74. The SMILES string of the molecule is Cc1nn(C)cc1[C@@H](C)NC(=O)[C@H](C)n1nc(C(F)(F)F)c(Cl)c1C1CC1. The van der Waals surface area contributed by atoms with E-state index in [1.54, 1.807) is 24.9 Å². The third-order valence-corrected chi connectivity index (χ3v) is 5.12. The first-order chi connectivity index (χ1) is 12.5. The van der Waals surface area contributed by atoms with E-state index >= 15 is 0 Å². The van der Waals surface area contributed by atoms with Gasteiger partial charge < -0.3 is 5.32 Å². The molecule has 2 heterocycles. The Kier molecular flexibility index (Phi) is 5.00. The molecule has 1 aliphatic rings. The molecule has 2 atom stereocenters. The predicted molar refractivity (Wildman–Crippen MR) is 93.4 cm³/mol. The van der Waals surface area contributed by atoms with Crippen molar-refractivity contribution in [1.82, 2.24) is 24.9 Å². The average Bonchev–Trinajstić information content (AvgIpc) is 3.24. The highest BCUT2D eigenvalue weighted by Crippen LogP contribution is 2.47. The van der Waals surface area contributed by atoms with E-state index in [-0.39, 0.29) is 17.7 Å². The van der Waals surface area contributed by atoms with Gasteiger partial charge in [-0.15, -0.1) is 0 Å². The lowest BCUT2D eigenvalue weighted by Crippen LogP contribution is -2.34. The molecule has 0 spiro atoms. The molecule has 1 aliphatic carbocycles. The second-order valence-electron chi connectivity index (χ2n) is 7.01. The largest absolute Gasteiger partial charge is 0.436 e. The molecule has 10 heteroatoms. The van der Waals surface area contributed by atoms with Crippen molar-refractivity contribution >= 4 is 17.5 Å². The van der Waals surface area contributed by atoms with E-state index in [1.165, 1.54) is 6.92 Å². The molecule has 1 N–H and O–H groups in total. The number of aromatic nitrogens is 4. The van der Waals surface area contributed by atoms with Gasteiger partial charge in [0.2, 0.25) is 5.91 Å². The van der Waals surface area contributed by atoms with Gasteiger partial charge in [0.15, 0.2) is 5.69 Å². The minimum absolute atomic E-state index is 0.0886.